The average molecular weight is 528 g/mol. The van der Waals surface area contributed by atoms with Gasteiger partial charge in [-0.1, -0.05) is 12.1 Å². The Balaban J connectivity index is 1.86. The third-order valence-electron chi connectivity index (χ3n) is 5.93. The maximum atomic E-state index is 13.6. The molecule has 2 aromatic heterocycles. The number of pyridine rings is 1. The first-order chi connectivity index (χ1) is 18.1. The summed E-state index contributed by atoms with van der Waals surface area (Å²) in [5.74, 6) is -0.882. The minimum atomic E-state index is -4.88. The van der Waals surface area contributed by atoms with E-state index in [9.17, 15) is 27.9 Å². The summed E-state index contributed by atoms with van der Waals surface area (Å²) in [7, 11) is 2.95. The number of carbonyl (C=O) groups is 1. The first-order valence-electron chi connectivity index (χ1n) is 11.2. The summed E-state index contributed by atoms with van der Waals surface area (Å²) >= 11 is 0. The van der Waals surface area contributed by atoms with E-state index in [1.807, 2.05) is 0 Å². The highest BCUT2D eigenvalue weighted by Crippen LogP contribution is 2.33. The molecule has 9 nitrogen and oxygen atoms in total. The number of hydrogen-bond donors (Lipinski definition) is 2. The molecule has 0 aliphatic carbocycles. The number of nitrogens with one attached hydrogen (secondary N) is 1. The number of likely N-dealkylation sites (N-methyl/N-ethyl adjacent to an activating group) is 1. The van der Waals surface area contributed by atoms with Gasteiger partial charge in [0.15, 0.2) is 0 Å². The number of imidazole rings is 1. The van der Waals surface area contributed by atoms with E-state index in [0.29, 0.717) is 22.4 Å². The summed E-state index contributed by atoms with van der Waals surface area (Å²) in [5, 5.41) is 13.4. The van der Waals surface area contributed by atoms with Crippen LogP contribution in [0.5, 0.6) is 17.4 Å². The Bertz CT molecular complexity index is 1510. The topological polar surface area (TPSA) is 108 Å². The van der Waals surface area contributed by atoms with E-state index in [1.54, 1.807) is 36.5 Å². The molecule has 0 saturated carbocycles. The molecule has 198 valence electrons. The van der Waals surface area contributed by atoms with E-state index in [4.69, 9.17) is 4.74 Å². The number of hydrogen-bond acceptors (Lipinski definition) is 6. The Labute approximate surface area is 214 Å². The van der Waals surface area contributed by atoms with Gasteiger partial charge in [-0.15, -0.1) is 13.2 Å². The van der Waals surface area contributed by atoms with Gasteiger partial charge in [0.1, 0.15) is 17.5 Å². The van der Waals surface area contributed by atoms with Crippen molar-refractivity contribution in [2.24, 2.45) is 0 Å². The van der Waals surface area contributed by atoms with Gasteiger partial charge in [0, 0.05) is 25.0 Å². The second-order valence-corrected chi connectivity index (χ2v) is 8.15. The number of methoxy groups -OCH3 is 1. The maximum absolute atomic E-state index is 13.6. The van der Waals surface area contributed by atoms with Gasteiger partial charge < -0.3 is 19.9 Å². The lowest BCUT2D eigenvalue weighted by Crippen LogP contribution is -2.37. The molecule has 4 aromatic rings. The Morgan fingerprint density at radius 1 is 1.05 bits per heavy atom. The minimum Gasteiger partial charge on any atom is -0.497 e. The third kappa shape index (κ3) is 5.05. The van der Waals surface area contributed by atoms with E-state index >= 15 is 0 Å². The fourth-order valence-corrected chi connectivity index (χ4v) is 4.13. The first-order valence-corrected chi connectivity index (χ1v) is 11.2. The molecule has 0 fully saturated rings. The van der Waals surface area contributed by atoms with Gasteiger partial charge in [-0.2, -0.15) is 0 Å². The van der Waals surface area contributed by atoms with Gasteiger partial charge in [0.05, 0.1) is 18.5 Å². The van der Waals surface area contributed by atoms with Gasteiger partial charge in [-0.3, -0.25) is 14.3 Å². The number of rotatable bonds is 7. The Morgan fingerprint density at radius 2 is 1.68 bits per heavy atom. The van der Waals surface area contributed by atoms with Crippen LogP contribution < -0.4 is 20.5 Å². The van der Waals surface area contributed by atoms with E-state index < -0.39 is 35.6 Å². The largest absolute Gasteiger partial charge is 0.573 e. The maximum Gasteiger partial charge on any atom is 0.573 e. The second kappa shape index (κ2) is 10.3. The van der Waals surface area contributed by atoms with E-state index in [-0.39, 0.29) is 11.4 Å². The SMILES string of the molecule is CNC(=O)C(c1ccncc1-c1ccc(OC)cc1)n1c(C)c(O)n(-c2ccc(OC(F)(F)F)cc2)c1=O. The Kier molecular flexibility index (Phi) is 7.15. The van der Waals surface area contributed by atoms with Crippen LogP contribution in [0.25, 0.3) is 16.8 Å². The smallest absolute Gasteiger partial charge is 0.497 e. The summed E-state index contributed by atoms with van der Waals surface area (Å²) in [6.45, 7) is 1.46. The predicted octanol–water partition coefficient (Wildman–Crippen LogP) is 3.96. The van der Waals surface area contributed by atoms with Crippen LogP contribution in [0, 0.1) is 6.92 Å². The molecule has 4 rings (SSSR count). The number of aromatic nitrogens is 3. The molecule has 0 aliphatic rings. The number of alkyl halides is 3. The highest BCUT2D eigenvalue weighted by Gasteiger charge is 2.32. The van der Waals surface area contributed by atoms with Crippen LogP contribution >= 0.6 is 0 Å². The van der Waals surface area contributed by atoms with Crippen LogP contribution in [0.15, 0.2) is 71.8 Å². The third-order valence-corrected chi connectivity index (χ3v) is 5.93. The summed E-state index contributed by atoms with van der Waals surface area (Å²) in [5.41, 5.74) is 1.06. The van der Waals surface area contributed by atoms with Crippen LogP contribution in [0.4, 0.5) is 13.2 Å². The molecule has 0 spiro atoms. The molecule has 2 N–H and O–H groups in total. The fraction of sp³-hybridized carbons (Fsp3) is 0.192. The lowest BCUT2D eigenvalue weighted by Gasteiger charge is -2.21. The molecular formula is C26H23F3N4O5. The van der Waals surface area contributed by atoms with Gasteiger partial charge in [0.25, 0.3) is 0 Å². The van der Waals surface area contributed by atoms with Crippen molar-refractivity contribution in [1.29, 1.82) is 0 Å². The van der Waals surface area contributed by atoms with E-state index in [1.165, 1.54) is 39.4 Å². The normalized spacial score (nSPS) is 12.2. The standard InChI is InChI=1S/C26H23F3N4O5/c1-15-24(35)33(17-6-10-19(11-7-17)38-26(27,28)29)25(36)32(15)22(23(34)30-2)20-12-13-31-14-21(20)16-4-8-18(37-3)9-5-16/h4-14,22,35H,1-3H3,(H,30,34). The Morgan fingerprint density at radius 3 is 2.26 bits per heavy atom. The van der Waals surface area contributed by atoms with Gasteiger partial charge in [0.2, 0.25) is 11.8 Å². The fourth-order valence-electron chi connectivity index (χ4n) is 4.13. The van der Waals surface area contributed by atoms with Gasteiger partial charge in [-0.05, 0) is 60.5 Å². The Hall–Kier alpha value is -4.74. The van der Waals surface area contributed by atoms with Crippen LogP contribution in [0.2, 0.25) is 0 Å². The number of ether oxygens (including phenoxy) is 2. The minimum absolute atomic E-state index is 0.0664. The van der Waals surface area contributed by atoms with Crippen molar-refractivity contribution in [3.8, 4) is 34.2 Å². The predicted molar refractivity (Wildman–Crippen MR) is 132 cm³/mol. The van der Waals surface area contributed by atoms with Crippen molar-refractivity contribution < 1.29 is 32.5 Å². The molecule has 2 aromatic carbocycles. The second-order valence-electron chi connectivity index (χ2n) is 8.15. The van der Waals surface area contributed by atoms with Crippen LogP contribution in [-0.4, -0.2) is 45.7 Å². The van der Waals surface area contributed by atoms with Crippen molar-refractivity contribution in [2.45, 2.75) is 19.3 Å². The highest BCUT2D eigenvalue weighted by atomic mass is 19.4. The van der Waals surface area contributed by atoms with E-state index in [0.717, 1.165) is 21.3 Å². The lowest BCUT2D eigenvalue weighted by atomic mass is 9.96. The summed E-state index contributed by atoms with van der Waals surface area (Å²) in [4.78, 5) is 31.0. The number of benzene rings is 2. The number of carbonyl (C=O) groups excluding carboxylic acids is 1. The molecular weight excluding hydrogens is 505 g/mol. The molecule has 0 radical (unpaired) electrons. The van der Waals surface area contributed by atoms with Gasteiger partial charge in [-0.25, -0.2) is 9.36 Å². The summed E-state index contributed by atoms with van der Waals surface area (Å²) in [6.07, 6.45) is -1.84. The number of amides is 1. The van der Waals surface area contributed by atoms with Crippen molar-refractivity contribution in [2.75, 3.05) is 14.2 Å². The summed E-state index contributed by atoms with van der Waals surface area (Å²) < 4.78 is 48.7. The number of aromatic hydroxyl groups is 1. The zero-order chi connectivity index (χ0) is 27.6. The molecule has 0 saturated heterocycles. The molecule has 1 unspecified atom stereocenters. The van der Waals surface area contributed by atoms with E-state index in [2.05, 4.69) is 15.0 Å². The lowest BCUT2D eigenvalue weighted by molar-refractivity contribution is -0.274. The molecule has 2 heterocycles. The molecule has 38 heavy (non-hydrogen) atoms. The van der Waals surface area contributed by atoms with Crippen molar-refractivity contribution >= 4 is 5.91 Å². The first kappa shape index (κ1) is 26.3. The van der Waals surface area contributed by atoms with Crippen molar-refractivity contribution in [1.82, 2.24) is 19.4 Å². The summed E-state index contributed by atoms with van der Waals surface area (Å²) in [6, 6.07) is 11.8. The van der Waals surface area contributed by atoms with Crippen LogP contribution in [0.1, 0.15) is 17.3 Å². The van der Waals surface area contributed by atoms with Crippen LogP contribution in [0.3, 0.4) is 0 Å². The van der Waals surface area contributed by atoms with Gasteiger partial charge >= 0.3 is 12.1 Å². The van der Waals surface area contributed by atoms with Crippen molar-refractivity contribution in [3.63, 3.8) is 0 Å². The molecule has 12 heteroatoms. The number of nitrogens with zero attached hydrogens (tertiary/aromatic N) is 3. The van der Waals surface area contributed by atoms with Crippen LogP contribution in [-0.2, 0) is 4.79 Å². The monoisotopic (exact) mass is 528 g/mol. The molecule has 1 amide bonds. The highest BCUT2D eigenvalue weighted by molar-refractivity contribution is 5.86. The quantitative estimate of drug-likeness (QED) is 0.376. The zero-order valence-corrected chi connectivity index (χ0v) is 20.5. The number of halogens is 3. The molecule has 0 aliphatic heterocycles. The molecule has 0 bridgehead atoms. The zero-order valence-electron chi connectivity index (χ0n) is 20.5. The average Bonchev–Trinajstić information content (AvgIpc) is 3.12. The molecule has 1 atom stereocenters. The van der Waals surface area contributed by atoms with Crippen molar-refractivity contribution in [3.05, 3.63) is 88.7 Å².